The first kappa shape index (κ1) is 24.6. The Morgan fingerprint density at radius 2 is 1.74 bits per heavy atom. The lowest BCUT2D eigenvalue weighted by atomic mass is 9.83. The molecular weight excluding hydrogens is 373 g/mol. The first-order valence-electron chi connectivity index (χ1n) is 7.98. The van der Waals surface area contributed by atoms with Crippen molar-refractivity contribution < 1.29 is 42.9 Å². The molecule has 0 aliphatic heterocycles. The molecule has 154 valence electrons. The molecule has 1 rings (SSSR count). The van der Waals surface area contributed by atoms with Gasteiger partial charge in [0.05, 0.1) is 18.4 Å². The van der Waals surface area contributed by atoms with Gasteiger partial charge in [0.2, 0.25) is 5.91 Å². The summed E-state index contributed by atoms with van der Waals surface area (Å²) in [4.78, 5) is 31.4. The van der Waals surface area contributed by atoms with E-state index in [1.807, 2.05) is 0 Å². The van der Waals surface area contributed by atoms with Crippen molar-refractivity contribution in [1.29, 1.82) is 0 Å². The molecule has 0 saturated heterocycles. The van der Waals surface area contributed by atoms with Crippen LogP contribution in [0.3, 0.4) is 0 Å². The van der Waals surface area contributed by atoms with Gasteiger partial charge >= 0.3 is 6.18 Å². The summed E-state index contributed by atoms with van der Waals surface area (Å²) in [7, 11) is 0. The monoisotopic (exact) mass is 394 g/mol. The quantitative estimate of drug-likeness (QED) is 0.408. The number of amides is 1. The molecule has 0 aromatic rings. The molecule has 0 saturated carbocycles. The van der Waals surface area contributed by atoms with Gasteiger partial charge in [-0.15, -0.1) is 0 Å². The van der Waals surface area contributed by atoms with Crippen LogP contribution in [0.4, 0.5) is 13.2 Å². The maximum absolute atomic E-state index is 11.6. The zero-order valence-corrected chi connectivity index (χ0v) is 14.3. The van der Waals surface area contributed by atoms with Crippen LogP contribution in [0.15, 0.2) is 24.3 Å². The highest BCUT2D eigenvalue weighted by Gasteiger charge is 2.35. The first-order chi connectivity index (χ1) is 12.4. The number of allylic oxidation sites excluding steroid dienone is 2. The number of nitrogens with one attached hydrogen (secondary N) is 1. The van der Waals surface area contributed by atoms with E-state index in [-0.39, 0.29) is 12.5 Å². The van der Waals surface area contributed by atoms with E-state index in [9.17, 15) is 33.0 Å². The van der Waals surface area contributed by atoms with Crippen LogP contribution in [-0.2, 0) is 14.4 Å². The lowest BCUT2D eigenvalue weighted by molar-refractivity contribution is -0.344. The molecule has 1 aliphatic rings. The maximum Gasteiger partial charge on any atom is 0.430 e. The Balaban J connectivity index is 0.000000821. The van der Waals surface area contributed by atoms with E-state index in [2.05, 4.69) is 5.32 Å². The molecule has 0 heterocycles. The Morgan fingerprint density at radius 3 is 2.22 bits per heavy atom. The second-order valence-corrected chi connectivity index (χ2v) is 5.69. The molecule has 27 heavy (non-hydrogen) atoms. The number of aliphatic carboxylic acids is 2. The first-order valence-corrected chi connectivity index (χ1v) is 7.98. The molecule has 0 aromatic carbocycles. The third-order valence-electron chi connectivity index (χ3n) is 3.50. The summed E-state index contributed by atoms with van der Waals surface area (Å²) in [5, 5.41) is 32.6. The van der Waals surface area contributed by atoms with Crippen molar-refractivity contribution in [2.24, 2.45) is 11.7 Å². The topological polar surface area (TPSA) is 156 Å². The summed E-state index contributed by atoms with van der Waals surface area (Å²) in [5.74, 6) is -5.75. The predicted molar refractivity (Wildman–Crippen MR) is 83.3 cm³/mol. The average molecular weight is 394 g/mol. The molecule has 1 amide bonds. The number of hydrogen-bond donors (Lipinski definition) is 3. The molecule has 0 bridgehead atoms. The minimum absolute atomic E-state index is 0.151. The number of carbonyl (C=O) groups excluding carboxylic acids is 3. The number of carboxylic acid groups (broad SMARTS) is 2. The lowest BCUT2D eigenvalue weighted by Crippen LogP contribution is -2.53. The number of unbranched alkanes of at least 4 members (excludes halogenated alkanes) is 2. The van der Waals surface area contributed by atoms with Crippen LogP contribution >= 0.6 is 0 Å². The van der Waals surface area contributed by atoms with Gasteiger partial charge in [0.1, 0.15) is 11.6 Å². The van der Waals surface area contributed by atoms with Gasteiger partial charge < -0.3 is 36.0 Å². The summed E-state index contributed by atoms with van der Waals surface area (Å²) in [6.07, 6.45) is 3.41. The van der Waals surface area contributed by atoms with E-state index >= 15 is 0 Å². The van der Waals surface area contributed by atoms with Crippen LogP contribution in [0.5, 0.6) is 0 Å². The number of halogens is 3. The second-order valence-electron chi connectivity index (χ2n) is 5.69. The number of carboxylic acids is 2. The highest BCUT2D eigenvalue weighted by Crippen LogP contribution is 2.23. The van der Waals surface area contributed by atoms with Gasteiger partial charge in [-0.3, -0.25) is 4.79 Å². The second kappa shape index (κ2) is 11.3. The van der Waals surface area contributed by atoms with Gasteiger partial charge in [-0.05, 0) is 19.4 Å². The molecule has 11 heteroatoms. The number of aliphatic hydroxyl groups is 1. The minimum atomic E-state index is -5.19. The number of carbonyl (C=O) groups is 3. The highest BCUT2D eigenvalue weighted by molar-refractivity contribution is 5.77. The van der Waals surface area contributed by atoms with Crippen molar-refractivity contribution in [1.82, 2.24) is 5.32 Å². The molecule has 1 aliphatic carbocycles. The molecule has 2 unspecified atom stereocenters. The summed E-state index contributed by atoms with van der Waals surface area (Å²) in [6.45, 7) is 0.452. The molecule has 0 fully saturated rings. The van der Waals surface area contributed by atoms with Crippen molar-refractivity contribution in [3.8, 4) is 0 Å². The van der Waals surface area contributed by atoms with E-state index in [4.69, 9.17) is 15.6 Å². The molecule has 0 radical (unpaired) electrons. The number of alkyl halides is 3. The zero-order chi connectivity index (χ0) is 21.1. The molecule has 4 N–H and O–H groups in total. The van der Waals surface area contributed by atoms with E-state index in [1.165, 1.54) is 18.2 Å². The minimum Gasteiger partial charge on any atom is -0.549 e. The van der Waals surface area contributed by atoms with Crippen molar-refractivity contribution in [2.75, 3.05) is 13.1 Å². The molecule has 0 spiro atoms. The van der Waals surface area contributed by atoms with Crippen molar-refractivity contribution in [3.63, 3.8) is 0 Å². The van der Waals surface area contributed by atoms with E-state index < -0.39 is 29.6 Å². The Morgan fingerprint density at radius 1 is 1.15 bits per heavy atom. The Labute approximate surface area is 153 Å². The summed E-state index contributed by atoms with van der Waals surface area (Å²) >= 11 is 0. The molecule has 0 aromatic heterocycles. The van der Waals surface area contributed by atoms with Crippen molar-refractivity contribution >= 4 is 17.8 Å². The fraction of sp³-hybridized carbons (Fsp3) is 0.562. The fourth-order valence-corrected chi connectivity index (χ4v) is 2.05. The van der Waals surface area contributed by atoms with Gasteiger partial charge in [0.15, 0.2) is 0 Å². The summed E-state index contributed by atoms with van der Waals surface area (Å²) in [5.41, 5.74) is 3.71. The Hall–Kier alpha value is -2.40. The number of nitrogens with two attached hydrogens (primary N) is 1. The predicted octanol–water partition coefficient (Wildman–Crippen LogP) is -1.86. The number of hydrogen-bond acceptors (Lipinski definition) is 7. The average Bonchev–Trinajstić information content (AvgIpc) is 2.57. The largest absolute Gasteiger partial charge is 0.549 e. The molecule has 8 nitrogen and oxygen atoms in total. The van der Waals surface area contributed by atoms with E-state index in [0.29, 0.717) is 13.0 Å². The van der Waals surface area contributed by atoms with Crippen LogP contribution < -0.4 is 21.3 Å². The van der Waals surface area contributed by atoms with Crippen molar-refractivity contribution in [3.05, 3.63) is 24.3 Å². The normalized spacial score (nSPS) is 21.1. The smallest absolute Gasteiger partial charge is 0.430 e. The Kier molecular flexibility index (Phi) is 10.3. The van der Waals surface area contributed by atoms with Crippen LogP contribution in [-0.4, -0.2) is 47.8 Å². The number of rotatable bonds is 8. The van der Waals surface area contributed by atoms with Crippen LogP contribution in [0.25, 0.3) is 0 Å². The third kappa shape index (κ3) is 9.75. The zero-order valence-electron chi connectivity index (χ0n) is 14.3. The molecule has 2 atom stereocenters. The van der Waals surface area contributed by atoms with Gasteiger partial charge in [-0.25, -0.2) is 0 Å². The molecular formula is C16H21F3N2O6-2. The standard InChI is InChI=1S/C14H22N2O4.C2HF3O2/c15-9-5-1-2-7-12(17)16-10-14(20)8-4-3-6-11(14)13(18)19;3-2(4,5)1(6)7/h3-4,6,8,11,20H,1-2,5,7,9-10,15H2,(H,16,17)(H,18,19);(H,6,7)/p-2. The third-order valence-corrected chi connectivity index (χ3v) is 3.50. The van der Waals surface area contributed by atoms with Crippen LogP contribution in [0.1, 0.15) is 25.7 Å². The van der Waals surface area contributed by atoms with E-state index in [0.717, 1.165) is 19.3 Å². The van der Waals surface area contributed by atoms with Gasteiger partial charge in [0.25, 0.3) is 0 Å². The van der Waals surface area contributed by atoms with Gasteiger partial charge in [-0.2, -0.15) is 13.2 Å². The fourth-order valence-electron chi connectivity index (χ4n) is 2.05. The van der Waals surface area contributed by atoms with Crippen molar-refractivity contribution in [2.45, 2.75) is 37.5 Å². The summed E-state index contributed by atoms with van der Waals surface area (Å²) in [6, 6.07) is 0. The van der Waals surface area contributed by atoms with Gasteiger partial charge in [-0.1, -0.05) is 30.7 Å². The van der Waals surface area contributed by atoms with Crippen LogP contribution in [0.2, 0.25) is 0 Å². The van der Waals surface area contributed by atoms with Crippen LogP contribution in [0, 0.1) is 5.92 Å². The lowest BCUT2D eigenvalue weighted by Gasteiger charge is -2.34. The van der Waals surface area contributed by atoms with Gasteiger partial charge in [0, 0.05) is 6.42 Å². The maximum atomic E-state index is 11.6. The summed E-state index contributed by atoms with van der Waals surface area (Å²) < 4.78 is 31.5. The SMILES string of the molecule is NCCCCCC(=O)NCC1(O)C=CC=CC1C(=O)[O-].O=C([O-])C(F)(F)F. The van der Waals surface area contributed by atoms with E-state index in [1.54, 1.807) is 6.08 Å². The Bertz CT molecular complexity index is 577. The highest BCUT2D eigenvalue weighted by atomic mass is 19.4.